The molecule has 0 heterocycles. The number of hydrogen-bond donors (Lipinski definition) is 2. The van der Waals surface area contributed by atoms with Gasteiger partial charge in [-0.15, -0.1) is 0 Å². The van der Waals surface area contributed by atoms with Gasteiger partial charge in [0.1, 0.15) is 5.60 Å². The zero-order valence-corrected chi connectivity index (χ0v) is 13.6. The second kappa shape index (κ2) is 8.22. The van der Waals surface area contributed by atoms with Gasteiger partial charge < -0.3 is 15.4 Å². The molecule has 0 fully saturated rings. The van der Waals surface area contributed by atoms with E-state index in [1.54, 1.807) is 0 Å². The van der Waals surface area contributed by atoms with Crippen LogP contribution in [0.25, 0.3) is 6.08 Å². The molecule has 0 unspecified atom stereocenters. The first kappa shape index (κ1) is 17.8. The lowest BCUT2D eigenvalue weighted by Gasteiger charge is -2.19. The summed E-state index contributed by atoms with van der Waals surface area (Å²) < 4.78 is 5.14. The molecule has 0 bridgehead atoms. The molecule has 0 aromatic heterocycles. The Kier molecular flexibility index (Phi) is 6.63. The van der Waals surface area contributed by atoms with E-state index >= 15 is 0 Å². The predicted molar refractivity (Wildman–Crippen MR) is 88.6 cm³/mol. The summed E-state index contributed by atoms with van der Waals surface area (Å²) in [6.07, 6.45) is 4.26. The number of ether oxygens (including phenoxy) is 1. The van der Waals surface area contributed by atoms with Gasteiger partial charge in [-0.05, 0) is 44.9 Å². The van der Waals surface area contributed by atoms with E-state index in [2.05, 4.69) is 10.6 Å². The van der Waals surface area contributed by atoms with E-state index in [9.17, 15) is 9.59 Å². The van der Waals surface area contributed by atoms with Crippen LogP contribution in [0.15, 0.2) is 30.3 Å². The lowest BCUT2D eigenvalue weighted by molar-refractivity contribution is -0.114. The predicted octanol–water partition coefficient (Wildman–Crippen LogP) is 3.57. The van der Waals surface area contributed by atoms with Gasteiger partial charge in [0.05, 0.1) is 0 Å². The second-order valence-electron chi connectivity index (χ2n) is 5.92. The summed E-state index contributed by atoms with van der Waals surface area (Å²) in [4.78, 5) is 22.3. The summed E-state index contributed by atoms with van der Waals surface area (Å²) in [7, 11) is 0. The largest absolute Gasteiger partial charge is 0.444 e. The Hall–Kier alpha value is -2.30. The molecular formula is C17H24N2O3. The Balaban J connectivity index is 2.31. The Morgan fingerprint density at radius 1 is 1.18 bits per heavy atom. The molecule has 5 heteroatoms. The molecule has 1 rings (SSSR count). The number of amides is 2. The topological polar surface area (TPSA) is 67.4 Å². The van der Waals surface area contributed by atoms with Crippen molar-refractivity contribution in [3.8, 4) is 0 Å². The van der Waals surface area contributed by atoms with E-state index in [1.807, 2.05) is 57.2 Å². The first-order valence-corrected chi connectivity index (χ1v) is 7.27. The first-order chi connectivity index (χ1) is 10.3. The minimum atomic E-state index is -0.477. The molecule has 5 nitrogen and oxygen atoms in total. The zero-order valence-electron chi connectivity index (χ0n) is 13.6. The van der Waals surface area contributed by atoms with Crippen LogP contribution < -0.4 is 10.6 Å². The summed E-state index contributed by atoms with van der Waals surface area (Å²) >= 11 is 0. The van der Waals surface area contributed by atoms with E-state index in [0.29, 0.717) is 13.0 Å². The number of carbonyl (C=O) groups excluding carboxylic acids is 2. The summed E-state index contributed by atoms with van der Waals surface area (Å²) in [6.45, 7) is 7.49. The summed E-state index contributed by atoms with van der Waals surface area (Å²) in [6, 6.07) is 7.53. The molecule has 0 aliphatic heterocycles. The number of alkyl carbamates (subject to hydrolysis) is 1. The highest BCUT2D eigenvalue weighted by Crippen LogP contribution is 2.11. The van der Waals surface area contributed by atoms with Crippen LogP contribution in [0, 0.1) is 0 Å². The molecule has 0 radical (unpaired) electrons. The molecule has 120 valence electrons. The fraction of sp³-hybridized carbons (Fsp3) is 0.412. The SMILES string of the molecule is CC(=O)Nc1ccc(C=CCCNC(=O)OC(C)(C)C)cc1. The van der Waals surface area contributed by atoms with Gasteiger partial charge in [-0.3, -0.25) is 4.79 Å². The third-order valence-electron chi connectivity index (χ3n) is 2.52. The third kappa shape index (κ3) is 8.09. The highest BCUT2D eigenvalue weighted by Gasteiger charge is 2.15. The van der Waals surface area contributed by atoms with Crippen LogP contribution in [0.4, 0.5) is 10.5 Å². The lowest BCUT2D eigenvalue weighted by atomic mass is 10.2. The van der Waals surface area contributed by atoms with Crippen LogP contribution in [0.2, 0.25) is 0 Å². The van der Waals surface area contributed by atoms with E-state index < -0.39 is 11.7 Å². The van der Waals surface area contributed by atoms with Crippen LogP contribution in [0.1, 0.15) is 39.7 Å². The number of nitrogens with one attached hydrogen (secondary N) is 2. The van der Waals surface area contributed by atoms with Crippen LogP contribution in [-0.4, -0.2) is 24.1 Å². The normalized spacial score (nSPS) is 11.3. The summed E-state index contributed by atoms with van der Waals surface area (Å²) in [5.41, 5.74) is 1.33. The zero-order chi connectivity index (χ0) is 16.6. The highest BCUT2D eigenvalue weighted by molar-refractivity contribution is 5.88. The van der Waals surface area contributed by atoms with Crippen molar-refractivity contribution >= 4 is 23.8 Å². The lowest BCUT2D eigenvalue weighted by Crippen LogP contribution is -2.32. The van der Waals surface area contributed by atoms with Gasteiger partial charge in [0.25, 0.3) is 0 Å². The van der Waals surface area contributed by atoms with Crippen molar-refractivity contribution in [2.45, 2.75) is 39.7 Å². The van der Waals surface area contributed by atoms with Gasteiger partial charge in [0, 0.05) is 19.2 Å². The molecule has 0 atom stereocenters. The fourth-order valence-electron chi connectivity index (χ4n) is 1.67. The molecule has 0 aliphatic rings. The monoisotopic (exact) mass is 304 g/mol. The number of hydrogen-bond acceptors (Lipinski definition) is 3. The maximum atomic E-state index is 11.4. The smallest absolute Gasteiger partial charge is 0.407 e. The van der Waals surface area contributed by atoms with Crippen molar-refractivity contribution in [1.29, 1.82) is 0 Å². The molecule has 1 aromatic rings. The van der Waals surface area contributed by atoms with Gasteiger partial charge in [0.15, 0.2) is 0 Å². The van der Waals surface area contributed by atoms with Crippen LogP contribution in [-0.2, 0) is 9.53 Å². The van der Waals surface area contributed by atoms with Gasteiger partial charge in [-0.1, -0.05) is 24.3 Å². The number of anilines is 1. The van der Waals surface area contributed by atoms with Crippen molar-refractivity contribution < 1.29 is 14.3 Å². The molecule has 22 heavy (non-hydrogen) atoms. The summed E-state index contributed by atoms with van der Waals surface area (Å²) in [5.74, 6) is -0.0866. The molecule has 0 saturated heterocycles. The van der Waals surface area contributed by atoms with Crippen molar-refractivity contribution in [1.82, 2.24) is 5.32 Å². The molecular weight excluding hydrogens is 280 g/mol. The second-order valence-corrected chi connectivity index (χ2v) is 5.92. The average Bonchev–Trinajstić information content (AvgIpc) is 2.37. The Bertz CT molecular complexity index is 528. The van der Waals surface area contributed by atoms with E-state index in [0.717, 1.165) is 11.3 Å². The molecule has 0 spiro atoms. The molecule has 0 saturated carbocycles. The Labute approximate surface area is 131 Å². The molecule has 1 aromatic carbocycles. The maximum Gasteiger partial charge on any atom is 0.407 e. The number of rotatable bonds is 5. The van der Waals surface area contributed by atoms with Gasteiger partial charge in [-0.2, -0.15) is 0 Å². The van der Waals surface area contributed by atoms with Gasteiger partial charge in [0.2, 0.25) is 5.91 Å². The van der Waals surface area contributed by atoms with Crippen molar-refractivity contribution in [2.75, 3.05) is 11.9 Å². The third-order valence-corrected chi connectivity index (χ3v) is 2.52. The molecule has 2 amide bonds. The van der Waals surface area contributed by atoms with Crippen LogP contribution in [0.3, 0.4) is 0 Å². The van der Waals surface area contributed by atoms with E-state index in [-0.39, 0.29) is 5.91 Å². The van der Waals surface area contributed by atoms with Crippen LogP contribution in [0.5, 0.6) is 0 Å². The minimum Gasteiger partial charge on any atom is -0.444 e. The van der Waals surface area contributed by atoms with Gasteiger partial charge >= 0.3 is 6.09 Å². The van der Waals surface area contributed by atoms with Crippen molar-refractivity contribution in [3.05, 3.63) is 35.9 Å². The Morgan fingerprint density at radius 3 is 2.36 bits per heavy atom. The standard InChI is InChI=1S/C17H24N2O3/c1-13(20)19-15-10-8-14(9-11-15)7-5-6-12-18-16(21)22-17(2,3)4/h5,7-11H,6,12H2,1-4H3,(H,18,21)(H,19,20). The fourth-order valence-corrected chi connectivity index (χ4v) is 1.67. The first-order valence-electron chi connectivity index (χ1n) is 7.27. The molecule has 0 aliphatic carbocycles. The highest BCUT2D eigenvalue weighted by atomic mass is 16.6. The summed E-state index contributed by atoms with van der Waals surface area (Å²) in [5, 5.41) is 5.41. The Morgan fingerprint density at radius 2 is 1.82 bits per heavy atom. The van der Waals surface area contributed by atoms with Gasteiger partial charge in [-0.25, -0.2) is 4.79 Å². The quantitative estimate of drug-likeness (QED) is 0.817. The maximum absolute atomic E-state index is 11.4. The van der Waals surface area contributed by atoms with E-state index in [4.69, 9.17) is 4.74 Å². The van der Waals surface area contributed by atoms with E-state index in [1.165, 1.54) is 6.92 Å². The van der Waals surface area contributed by atoms with Crippen molar-refractivity contribution in [3.63, 3.8) is 0 Å². The average molecular weight is 304 g/mol. The molecule has 2 N–H and O–H groups in total. The minimum absolute atomic E-state index is 0.0866. The number of carbonyl (C=O) groups is 2. The number of benzene rings is 1. The van der Waals surface area contributed by atoms with Crippen molar-refractivity contribution in [2.24, 2.45) is 0 Å². The van der Waals surface area contributed by atoms with Crippen LogP contribution >= 0.6 is 0 Å².